The highest BCUT2D eigenvalue weighted by molar-refractivity contribution is 7.15. The van der Waals surface area contributed by atoms with Crippen LogP contribution in [0.4, 0.5) is 0 Å². The van der Waals surface area contributed by atoms with Crippen LogP contribution in [0.25, 0.3) is 0 Å². The Morgan fingerprint density at radius 2 is 2.13 bits per heavy atom. The lowest BCUT2D eigenvalue weighted by atomic mass is 9.95. The number of ether oxygens (including phenoxy) is 1. The molecule has 3 atom stereocenters. The number of hydrogen-bond acceptors (Lipinski definition) is 6. The molecule has 1 aromatic carbocycles. The average molecular weight is 351 g/mol. The molecule has 0 spiro atoms. The third kappa shape index (κ3) is 3.17. The van der Waals surface area contributed by atoms with Crippen LogP contribution in [-0.4, -0.2) is 34.2 Å². The van der Waals surface area contributed by atoms with Gasteiger partial charge in [-0.1, -0.05) is 16.7 Å². The summed E-state index contributed by atoms with van der Waals surface area (Å²) in [5.41, 5.74) is 0. The summed E-state index contributed by atoms with van der Waals surface area (Å²) >= 11 is 6.96. The molecule has 0 saturated carbocycles. The number of benzene rings is 1. The lowest BCUT2D eigenvalue weighted by molar-refractivity contribution is 0.0930. The molecule has 0 aliphatic carbocycles. The predicted molar refractivity (Wildman–Crippen MR) is 87.3 cm³/mol. The molecule has 8 heteroatoms. The second kappa shape index (κ2) is 6.07. The second-order valence-corrected chi connectivity index (χ2v) is 7.17. The molecule has 2 saturated heterocycles. The van der Waals surface area contributed by atoms with Gasteiger partial charge in [-0.3, -0.25) is 4.79 Å². The average Bonchev–Trinajstić information content (AvgIpc) is 3.26. The van der Waals surface area contributed by atoms with Crippen molar-refractivity contribution in [3.05, 3.63) is 34.3 Å². The lowest BCUT2D eigenvalue weighted by Gasteiger charge is -2.20. The summed E-state index contributed by atoms with van der Waals surface area (Å²) in [6.45, 7) is 0. The first-order chi connectivity index (χ1) is 11.2. The van der Waals surface area contributed by atoms with Crippen LogP contribution in [0.1, 0.15) is 29.1 Å². The van der Waals surface area contributed by atoms with Crippen LogP contribution in [0.2, 0.25) is 5.02 Å². The molecule has 3 heterocycles. The van der Waals surface area contributed by atoms with Crippen LogP contribution in [0.3, 0.4) is 0 Å². The number of carbonyl (C=O) groups is 1. The van der Waals surface area contributed by atoms with E-state index in [-0.39, 0.29) is 11.9 Å². The molecule has 6 nitrogen and oxygen atoms in total. The maximum atomic E-state index is 12.3. The van der Waals surface area contributed by atoms with E-state index in [9.17, 15) is 4.79 Å². The second-order valence-electron chi connectivity index (χ2n) is 5.79. The Balaban J connectivity index is 1.39. The van der Waals surface area contributed by atoms with Crippen molar-refractivity contribution in [1.29, 1.82) is 0 Å². The van der Waals surface area contributed by atoms with E-state index in [0.717, 1.165) is 24.2 Å². The Morgan fingerprint density at radius 1 is 1.30 bits per heavy atom. The van der Waals surface area contributed by atoms with E-state index in [1.165, 1.54) is 6.42 Å². The number of halogens is 1. The molecule has 1 amide bonds. The Kier molecular flexibility index (Phi) is 3.92. The standard InChI is InChI=1S/C15H15ClN4O2S/c16-8-1-4-10(5-2-8)22-15-20-19-14(23-15)13(21)18-12-7-9-3-6-11(12)17-9/h1-2,4-5,9,11-12,17H,3,6-7H2,(H,18,21). The van der Waals surface area contributed by atoms with Crippen molar-refractivity contribution in [2.75, 3.05) is 0 Å². The smallest absolute Gasteiger partial charge is 0.300 e. The summed E-state index contributed by atoms with van der Waals surface area (Å²) in [5.74, 6) is 0.419. The van der Waals surface area contributed by atoms with E-state index >= 15 is 0 Å². The number of nitrogens with one attached hydrogen (secondary N) is 2. The highest BCUT2D eigenvalue weighted by Crippen LogP contribution is 2.29. The topological polar surface area (TPSA) is 76.1 Å². The fourth-order valence-corrected chi connectivity index (χ4v) is 3.90. The van der Waals surface area contributed by atoms with E-state index in [0.29, 0.717) is 33.1 Å². The molecular weight excluding hydrogens is 336 g/mol. The molecule has 2 fully saturated rings. The van der Waals surface area contributed by atoms with Gasteiger partial charge in [0.25, 0.3) is 11.1 Å². The van der Waals surface area contributed by atoms with Crippen LogP contribution < -0.4 is 15.4 Å². The Labute approximate surface area is 142 Å². The maximum absolute atomic E-state index is 12.3. The Morgan fingerprint density at radius 3 is 2.83 bits per heavy atom. The minimum atomic E-state index is -0.187. The first-order valence-electron chi connectivity index (χ1n) is 7.51. The first kappa shape index (κ1) is 14.9. The number of hydrogen-bond donors (Lipinski definition) is 2. The fourth-order valence-electron chi connectivity index (χ4n) is 3.16. The van der Waals surface area contributed by atoms with Gasteiger partial charge in [-0.05, 0) is 54.9 Å². The molecule has 0 radical (unpaired) electrons. The van der Waals surface area contributed by atoms with Gasteiger partial charge in [0.05, 0.1) is 0 Å². The zero-order valence-electron chi connectivity index (χ0n) is 12.2. The van der Waals surface area contributed by atoms with Gasteiger partial charge in [0, 0.05) is 23.1 Å². The summed E-state index contributed by atoms with van der Waals surface area (Å²) in [7, 11) is 0. The van der Waals surface area contributed by atoms with E-state index < -0.39 is 0 Å². The van der Waals surface area contributed by atoms with Gasteiger partial charge in [-0.15, -0.1) is 5.10 Å². The van der Waals surface area contributed by atoms with Gasteiger partial charge in [0.1, 0.15) is 5.75 Å². The first-order valence-corrected chi connectivity index (χ1v) is 8.70. The van der Waals surface area contributed by atoms with E-state index in [2.05, 4.69) is 20.8 Å². The van der Waals surface area contributed by atoms with Gasteiger partial charge in [0.15, 0.2) is 0 Å². The van der Waals surface area contributed by atoms with Crippen molar-refractivity contribution in [3.63, 3.8) is 0 Å². The van der Waals surface area contributed by atoms with Crippen molar-refractivity contribution in [2.24, 2.45) is 0 Å². The minimum absolute atomic E-state index is 0.186. The monoisotopic (exact) mass is 350 g/mol. The van der Waals surface area contributed by atoms with E-state index in [1.807, 2.05) is 0 Å². The molecular formula is C15H15ClN4O2S. The molecule has 2 bridgehead atoms. The molecule has 23 heavy (non-hydrogen) atoms. The number of aromatic nitrogens is 2. The van der Waals surface area contributed by atoms with Gasteiger partial charge >= 0.3 is 0 Å². The SMILES string of the molecule is O=C(NC1CC2CCC1N2)c1nnc(Oc2ccc(Cl)cc2)s1. The highest BCUT2D eigenvalue weighted by Gasteiger charge is 2.40. The van der Waals surface area contributed by atoms with Crippen LogP contribution in [-0.2, 0) is 0 Å². The summed E-state index contributed by atoms with van der Waals surface area (Å²) in [4.78, 5) is 12.3. The van der Waals surface area contributed by atoms with Gasteiger partial charge in [-0.25, -0.2) is 0 Å². The molecule has 2 N–H and O–H groups in total. The Hall–Kier alpha value is -1.70. The summed E-state index contributed by atoms with van der Waals surface area (Å²) in [6, 6.07) is 8.06. The third-order valence-corrected chi connectivity index (χ3v) is 5.29. The minimum Gasteiger partial charge on any atom is -0.430 e. The van der Waals surface area contributed by atoms with Crippen LogP contribution in [0.15, 0.2) is 24.3 Å². The zero-order chi connectivity index (χ0) is 15.8. The van der Waals surface area contributed by atoms with E-state index in [1.54, 1.807) is 24.3 Å². The number of nitrogens with zero attached hydrogens (tertiary/aromatic N) is 2. The van der Waals surface area contributed by atoms with E-state index in [4.69, 9.17) is 16.3 Å². The van der Waals surface area contributed by atoms with Gasteiger partial charge < -0.3 is 15.4 Å². The third-order valence-electron chi connectivity index (χ3n) is 4.24. The maximum Gasteiger partial charge on any atom is 0.300 e. The summed E-state index contributed by atoms with van der Waals surface area (Å²) in [6.07, 6.45) is 3.31. The van der Waals surface area contributed by atoms with Gasteiger partial charge in [-0.2, -0.15) is 0 Å². The van der Waals surface area contributed by atoms with Gasteiger partial charge in [0.2, 0.25) is 5.01 Å². The zero-order valence-corrected chi connectivity index (χ0v) is 13.7. The predicted octanol–water partition coefficient (Wildman–Crippen LogP) is 2.61. The van der Waals surface area contributed by atoms with Crippen LogP contribution in [0.5, 0.6) is 10.9 Å². The summed E-state index contributed by atoms with van der Waals surface area (Å²) in [5, 5.41) is 15.7. The number of carbonyl (C=O) groups excluding carboxylic acids is 1. The quantitative estimate of drug-likeness (QED) is 0.886. The Bertz CT molecular complexity index is 721. The molecule has 120 valence electrons. The van der Waals surface area contributed by atoms with Crippen molar-refractivity contribution in [3.8, 4) is 10.9 Å². The van der Waals surface area contributed by atoms with Crippen molar-refractivity contribution < 1.29 is 9.53 Å². The van der Waals surface area contributed by atoms with Crippen molar-refractivity contribution in [2.45, 2.75) is 37.4 Å². The highest BCUT2D eigenvalue weighted by atomic mass is 35.5. The molecule has 1 aromatic heterocycles. The number of rotatable bonds is 4. The number of amides is 1. The van der Waals surface area contributed by atoms with Crippen molar-refractivity contribution in [1.82, 2.24) is 20.8 Å². The van der Waals surface area contributed by atoms with Crippen LogP contribution in [0, 0.1) is 0 Å². The fraction of sp³-hybridized carbons (Fsp3) is 0.400. The van der Waals surface area contributed by atoms with Crippen LogP contribution >= 0.6 is 22.9 Å². The number of fused-ring (bicyclic) bond motifs is 2. The van der Waals surface area contributed by atoms with Crippen molar-refractivity contribution >= 4 is 28.8 Å². The normalized spacial score (nSPS) is 25.5. The molecule has 4 rings (SSSR count). The largest absolute Gasteiger partial charge is 0.430 e. The molecule has 2 aromatic rings. The summed E-state index contributed by atoms with van der Waals surface area (Å²) < 4.78 is 5.58. The molecule has 2 aliphatic rings. The molecule has 2 aliphatic heterocycles. The lowest BCUT2D eigenvalue weighted by Crippen LogP contribution is -2.42. The molecule has 3 unspecified atom stereocenters.